The first kappa shape index (κ1) is 30.3. The highest BCUT2D eigenvalue weighted by atomic mass is 19.4. The Bertz CT molecular complexity index is 1370. The molecule has 0 saturated heterocycles. The highest BCUT2D eigenvalue weighted by Crippen LogP contribution is 2.36. The Labute approximate surface area is 225 Å². The number of carbonyl (C=O) groups is 1. The Morgan fingerprint density at radius 2 is 1.48 bits per heavy atom. The lowest BCUT2D eigenvalue weighted by atomic mass is 9.95. The fourth-order valence-electron chi connectivity index (χ4n) is 4.15. The number of nitrogens with one attached hydrogen (secondary N) is 1. The number of alkyl halides is 6. The van der Waals surface area contributed by atoms with Gasteiger partial charge in [0.05, 0.1) is 17.2 Å². The van der Waals surface area contributed by atoms with E-state index in [0.29, 0.717) is 19.4 Å². The summed E-state index contributed by atoms with van der Waals surface area (Å²) in [5.41, 5.74) is 7.04. The van der Waals surface area contributed by atoms with E-state index in [9.17, 15) is 35.9 Å². The van der Waals surface area contributed by atoms with E-state index >= 15 is 0 Å². The van der Waals surface area contributed by atoms with Crippen molar-refractivity contribution in [1.82, 2.24) is 9.88 Å². The number of nitrogens with two attached hydrogens (primary N) is 2. The summed E-state index contributed by atoms with van der Waals surface area (Å²) in [6, 6.07) is 8.68. The van der Waals surface area contributed by atoms with Gasteiger partial charge < -0.3 is 21.4 Å². The minimum absolute atomic E-state index is 0.0716. The first-order valence-electron chi connectivity index (χ1n) is 12.1. The number of nitrogens with zero attached hydrogens (tertiary/aromatic N) is 2. The van der Waals surface area contributed by atoms with Crippen molar-refractivity contribution in [1.29, 1.82) is 0 Å². The van der Waals surface area contributed by atoms with Crippen molar-refractivity contribution < 1.29 is 31.1 Å². The standard InChI is InChI=1S/C27H27F6N5O2/c1-16(6-4-12-36-25(34)35)37-23(39)21-11-5-13-38(24(21)40)22(17-7-2-9-19(14-17)26(28,29)30)18-8-3-10-20(15-18)27(31,32)33/h2-3,5,7-11,13-16,22H,4,6,12H2,1H3,(H,37,39)(H4,34,35,36). The normalized spacial score (nSPS) is 12.7. The number of rotatable bonds is 9. The summed E-state index contributed by atoms with van der Waals surface area (Å²) < 4.78 is 81.9. The summed E-state index contributed by atoms with van der Waals surface area (Å²) in [5, 5.41) is 2.67. The minimum atomic E-state index is -4.74. The van der Waals surface area contributed by atoms with Crippen LogP contribution in [-0.4, -0.2) is 29.0 Å². The fourth-order valence-corrected chi connectivity index (χ4v) is 4.15. The molecule has 0 aliphatic carbocycles. The van der Waals surface area contributed by atoms with E-state index in [1.807, 2.05) is 0 Å². The maximum Gasteiger partial charge on any atom is 0.416 e. The largest absolute Gasteiger partial charge is 0.416 e. The summed E-state index contributed by atoms with van der Waals surface area (Å²) in [7, 11) is 0. The van der Waals surface area contributed by atoms with Gasteiger partial charge in [-0.15, -0.1) is 0 Å². The number of halogens is 6. The van der Waals surface area contributed by atoms with Gasteiger partial charge in [0.1, 0.15) is 5.56 Å². The van der Waals surface area contributed by atoms with Crippen LogP contribution in [0.2, 0.25) is 0 Å². The molecule has 13 heteroatoms. The molecule has 40 heavy (non-hydrogen) atoms. The predicted molar refractivity (Wildman–Crippen MR) is 138 cm³/mol. The van der Waals surface area contributed by atoms with Gasteiger partial charge in [-0.25, -0.2) is 0 Å². The van der Waals surface area contributed by atoms with E-state index in [4.69, 9.17) is 11.5 Å². The molecule has 0 spiro atoms. The SMILES string of the molecule is CC(CCCN=C(N)N)NC(=O)c1cccn(C(c2cccc(C(F)(F)F)c2)c2cccc(C(F)(F)F)c2)c1=O. The first-order valence-corrected chi connectivity index (χ1v) is 12.1. The molecule has 0 fully saturated rings. The Kier molecular flexibility index (Phi) is 9.28. The zero-order valence-electron chi connectivity index (χ0n) is 21.3. The van der Waals surface area contributed by atoms with Crippen molar-refractivity contribution in [3.8, 4) is 0 Å². The number of carbonyl (C=O) groups excluding carboxylic acids is 1. The van der Waals surface area contributed by atoms with E-state index in [-0.39, 0.29) is 22.6 Å². The number of hydrogen-bond donors (Lipinski definition) is 3. The molecule has 1 atom stereocenters. The van der Waals surface area contributed by atoms with Gasteiger partial charge in [0.15, 0.2) is 5.96 Å². The molecule has 214 valence electrons. The molecular weight excluding hydrogens is 540 g/mol. The molecule has 5 N–H and O–H groups in total. The second-order valence-electron chi connectivity index (χ2n) is 9.11. The third kappa shape index (κ3) is 7.64. The summed E-state index contributed by atoms with van der Waals surface area (Å²) in [6.45, 7) is 2.03. The van der Waals surface area contributed by atoms with Crippen LogP contribution in [0.25, 0.3) is 0 Å². The zero-order valence-corrected chi connectivity index (χ0v) is 21.3. The molecule has 0 saturated carbocycles. The number of aromatic nitrogens is 1. The van der Waals surface area contributed by atoms with E-state index in [1.54, 1.807) is 6.92 Å². The van der Waals surface area contributed by atoms with Gasteiger partial charge in [-0.2, -0.15) is 26.3 Å². The second-order valence-corrected chi connectivity index (χ2v) is 9.11. The Hall–Kier alpha value is -4.29. The van der Waals surface area contributed by atoms with Gasteiger partial charge in [0, 0.05) is 18.8 Å². The molecule has 0 aliphatic rings. The first-order chi connectivity index (χ1) is 18.7. The van der Waals surface area contributed by atoms with E-state index in [1.165, 1.54) is 30.5 Å². The topological polar surface area (TPSA) is 116 Å². The summed E-state index contributed by atoms with van der Waals surface area (Å²) in [6.07, 6.45) is -7.26. The highest BCUT2D eigenvalue weighted by Gasteiger charge is 2.34. The van der Waals surface area contributed by atoms with Crippen LogP contribution in [-0.2, 0) is 12.4 Å². The second kappa shape index (κ2) is 12.3. The Morgan fingerprint density at radius 3 is 1.98 bits per heavy atom. The molecule has 3 rings (SSSR count). The van der Waals surface area contributed by atoms with Crippen molar-refractivity contribution in [2.75, 3.05) is 6.54 Å². The average molecular weight is 568 g/mol. The highest BCUT2D eigenvalue weighted by molar-refractivity contribution is 5.94. The lowest BCUT2D eigenvalue weighted by Crippen LogP contribution is -2.38. The van der Waals surface area contributed by atoms with E-state index in [2.05, 4.69) is 10.3 Å². The molecule has 1 aromatic heterocycles. The van der Waals surface area contributed by atoms with Crippen LogP contribution in [0, 0.1) is 0 Å². The van der Waals surface area contributed by atoms with Crippen LogP contribution in [0.4, 0.5) is 26.3 Å². The van der Waals surface area contributed by atoms with Crippen LogP contribution >= 0.6 is 0 Å². The molecular formula is C27H27F6N5O2. The number of amides is 1. The lowest BCUT2D eigenvalue weighted by molar-refractivity contribution is -0.138. The minimum Gasteiger partial charge on any atom is -0.370 e. The van der Waals surface area contributed by atoms with Crippen molar-refractivity contribution in [3.05, 3.63) is 105 Å². The number of benzene rings is 2. The van der Waals surface area contributed by atoms with Crippen LogP contribution in [0.15, 0.2) is 76.6 Å². The van der Waals surface area contributed by atoms with Gasteiger partial charge in [0.2, 0.25) is 0 Å². The Balaban J connectivity index is 2.05. The summed E-state index contributed by atoms with van der Waals surface area (Å²) in [5.74, 6) is -0.821. The molecule has 0 bridgehead atoms. The van der Waals surface area contributed by atoms with Gasteiger partial charge in [0.25, 0.3) is 11.5 Å². The third-order valence-corrected chi connectivity index (χ3v) is 6.02. The van der Waals surface area contributed by atoms with Crippen molar-refractivity contribution in [2.24, 2.45) is 16.5 Å². The van der Waals surface area contributed by atoms with E-state index < -0.39 is 47.0 Å². The molecule has 2 aromatic carbocycles. The molecule has 3 aromatic rings. The van der Waals surface area contributed by atoms with Crippen LogP contribution in [0.5, 0.6) is 0 Å². The zero-order chi connectivity index (χ0) is 29.7. The van der Waals surface area contributed by atoms with Gasteiger partial charge in [-0.3, -0.25) is 14.6 Å². The van der Waals surface area contributed by atoms with Crippen molar-refractivity contribution in [2.45, 2.75) is 44.2 Å². The van der Waals surface area contributed by atoms with E-state index in [0.717, 1.165) is 41.0 Å². The van der Waals surface area contributed by atoms with Gasteiger partial charge in [-0.05, 0) is 67.3 Å². The van der Waals surface area contributed by atoms with Crippen molar-refractivity contribution >= 4 is 11.9 Å². The van der Waals surface area contributed by atoms with Gasteiger partial charge >= 0.3 is 12.4 Å². The number of pyridine rings is 1. The molecule has 1 unspecified atom stereocenters. The van der Waals surface area contributed by atoms with Crippen LogP contribution in [0.1, 0.15) is 58.4 Å². The maximum atomic E-state index is 13.5. The average Bonchev–Trinajstić information content (AvgIpc) is 2.87. The number of guanidine groups is 1. The molecule has 1 amide bonds. The third-order valence-electron chi connectivity index (χ3n) is 6.02. The quantitative estimate of drug-likeness (QED) is 0.151. The predicted octanol–water partition coefficient (Wildman–Crippen LogP) is 4.70. The fraction of sp³-hybridized carbons (Fsp3) is 0.296. The lowest BCUT2D eigenvalue weighted by Gasteiger charge is -2.23. The number of hydrogen-bond acceptors (Lipinski definition) is 3. The molecule has 1 heterocycles. The Morgan fingerprint density at radius 1 is 0.925 bits per heavy atom. The molecule has 7 nitrogen and oxygen atoms in total. The number of aliphatic imine (C=N–C) groups is 1. The molecule has 0 aliphatic heterocycles. The van der Waals surface area contributed by atoms with Crippen molar-refractivity contribution in [3.63, 3.8) is 0 Å². The molecule has 0 radical (unpaired) electrons. The summed E-state index contributed by atoms with van der Waals surface area (Å²) in [4.78, 5) is 30.3. The smallest absolute Gasteiger partial charge is 0.370 e. The van der Waals surface area contributed by atoms with Gasteiger partial charge in [-0.1, -0.05) is 24.3 Å². The summed E-state index contributed by atoms with van der Waals surface area (Å²) >= 11 is 0. The van der Waals surface area contributed by atoms with Crippen LogP contribution < -0.4 is 22.3 Å². The maximum absolute atomic E-state index is 13.5. The van der Waals surface area contributed by atoms with Crippen LogP contribution in [0.3, 0.4) is 0 Å². The monoisotopic (exact) mass is 567 g/mol.